The second kappa shape index (κ2) is 4.87. The van der Waals surface area contributed by atoms with E-state index in [1.807, 2.05) is 13.8 Å². The van der Waals surface area contributed by atoms with Crippen LogP contribution in [0.3, 0.4) is 0 Å². The minimum Gasteiger partial charge on any atom is -0.352 e. The second-order valence-electron chi connectivity index (χ2n) is 4.70. The Balaban J connectivity index is 2.22. The number of nitrogens with zero attached hydrogens (tertiary/aromatic N) is 3. The molecule has 0 aromatic carbocycles. The van der Waals surface area contributed by atoms with Crippen molar-refractivity contribution in [2.24, 2.45) is 11.7 Å². The van der Waals surface area contributed by atoms with Crippen LogP contribution < -0.4 is 16.2 Å². The van der Waals surface area contributed by atoms with Gasteiger partial charge >= 0.3 is 0 Å². The highest BCUT2D eigenvalue weighted by Crippen LogP contribution is 2.21. The number of rotatable bonds is 3. The van der Waals surface area contributed by atoms with E-state index in [-0.39, 0.29) is 11.6 Å². The van der Waals surface area contributed by atoms with Crippen molar-refractivity contribution in [2.75, 3.05) is 18.0 Å². The summed E-state index contributed by atoms with van der Waals surface area (Å²) in [6, 6.07) is 0.178. The zero-order valence-corrected chi connectivity index (χ0v) is 10.5. The number of aromatic nitrogens is 2. The minimum atomic E-state index is 0.000300. The van der Waals surface area contributed by atoms with Crippen molar-refractivity contribution in [1.29, 1.82) is 0 Å². The number of aryl methyl sites for hydroxylation is 1. The molecule has 2 unspecified atom stereocenters. The van der Waals surface area contributed by atoms with Crippen LogP contribution in [0.1, 0.15) is 20.3 Å². The van der Waals surface area contributed by atoms with E-state index < -0.39 is 0 Å². The first kappa shape index (κ1) is 12.1. The molecule has 0 saturated carbocycles. The lowest BCUT2D eigenvalue weighted by Gasteiger charge is -2.18. The summed E-state index contributed by atoms with van der Waals surface area (Å²) in [5.41, 5.74) is 5.90. The summed E-state index contributed by atoms with van der Waals surface area (Å²) in [6.07, 6.45) is 4.46. The van der Waals surface area contributed by atoms with Gasteiger partial charge in [0.05, 0.1) is 0 Å². The SMILES string of the molecule is CCn1ccnc(N2CCC(C(C)N)C2)c1=O. The van der Waals surface area contributed by atoms with Crippen LogP contribution >= 0.6 is 0 Å². The molecule has 2 heterocycles. The molecule has 0 spiro atoms. The monoisotopic (exact) mass is 236 g/mol. The molecule has 0 bridgehead atoms. The maximum absolute atomic E-state index is 12.1. The standard InChI is InChI=1S/C12H20N4O/c1-3-15-7-5-14-11(12(15)17)16-6-4-10(8-16)9(2)13/h5,7,9-10H,3-4,6,8,13H2,1-2H3. The molecule has 1 saturated heterocycles. The highest BCUT2D eigenvalue weighted by Gasteiger charge is 2.27. The van der Waals surface area contributed by atoms with E-state index in [0.717, 1.165) is 19.5 Å². The Morgan fingerprint density at radius 2 is 2.41 bits per heavy atom. The average Bonchev–Trinajstić information content (AvgIpc) is 2.78. The van der Waals surface area contributed by atoms with Gasteiger partial charge in [0.25, 0.3) is 5.56 Å². The van der Waals surface area contributed by atoms with Crippen molar-refractivity contribution in [3.05, 3.63) is 22.7 Å². The van der Waals surface area contributed by atoms with Crippen molar-refractivity contribution in [1.82, 2.24) is 9.55 Å². The summed E-state index contributed by atoms with van der Waals surface area (Å²) in [7, 11) is 0. The second-order valence-corrected chi connectivity index (χ2v) is 4.70. The Morgan fingerprint density at radius 1 is 1.65 bits per heavy atom. The third-order valence-electron chi connectivity index (χ3n) is 3.50. The van der Waals surface area contributed by atoms with Gasteiger partial charge in [0.15, 0.2) is 5.82 Å². The van der Waals surface area contributed by atoms with Crippen LogP contribution in [0.15, 0.2) is 17.2 Å². The molecule has 1 aromatic heterocycles. The summed E-state index contributed by atoms with van der Waals surface area (Å²) < 4.78 is 1.68. The molecule has 0 radical (unpaired) electrons. The number of anilines is 1. The number of nitrogens with two attached hydrogens (primary N) is 1. The Hall–Kier alpha value is -1.36. The van der Waals surface area contributed by atoms with Gasteiger partial charge in [-0.15, -0.1) is 0 Å². The Morgan fingerprint density at radius 3 is 3.00 bits per heavy atom. The van der Waals surface area contributed by atoms with Crippen LogP contribution in [-0.4, -0.2) is 28.7 Å². The molecule has 1 aromatic rings. The van der Waals surface area contributed by atoms with Crippen LogP contribution in [-0.2, 0) is 6.54 Å². The lowest BCUT2D eigenvalue weighted by Crippen LogP contribution is -2.34. The molecule has 2 atom stereocenters. The topological polar surface area (TPSA) is 64.2 Å². The summed E-state index contributed by atoms with van der Waals surface area (Å²) in [5.74, 6) is 1.03. The van der Waals surface area contributed by atoms with Gasteiger partial charge in [0.1, 0.15) is 0 Å². The lowest BCUT2D eigenvalue weighted by molar-refractivity contribution is 0.487. The van der Waals surface area contributed by atoms with E-state index in [9.17, 15) is 4.79 Å². The van der Waals surface area contributed by atoms with Gasteiger partial charge in [-0.1, -0.05) is 0 Å². The lowest BCUT2D eigenvalue weighted by atomic mass is 10.0. The maximum atomic E-state index is 12.1. The molecule has 1 aliphatic rings. The third kappa shape index (κ3) is 2.34. The van der Waals surface area contributed by atoms with Crippen molar-refractivity contribution in [3.63, 3.8) is 0 Å². The predicted octanol–water partition coefficient (Wildman–Crippen LogP) is 0.437. The van der Waals surface area contributed by atoms with Crippen molar-refractivity contribution >= 4 is 5.82 Å². The molecule has 94 valence electrons. The third-order valence-corrected chi connectivity index (χ3v) is 3.50. The highest BCUT2D eigenvalue weighted by molar-refractivity contribution is 5.37. The van der Waals surface area contributed by atoms with Gasteiger partial charge in [-0.25, -0.2) is 4.98 Å². The molecule has 1 fully saturated rings. The summed E-state index contributed by atoms with van der Waals surface area (Å²) in [5, 5.41) is 0. The van der Waals surface area contributed by atoms with Crippen molar-refractivity contribution in [3.8, 4) is 0 Å². The molecule has 5 heteroatoms. The summed E-state index contributed by atoms with van der Waals surface area (Å²) >= 11 is 0. The fourth-order valence-corrected chi connectivity index (χ4v) is 2.31. The highest BCUT2D eigenvalue weighted by atomic mass is 16.1. The summed E-state index contributed by atoms with van der Waals surface area (Å²) in [6.45, 7) is 6.38. The zero-order valence-electron chi connectivity index (χ0n) is 10.5. The molecule has 17 heavy (non-hydrogen) atoms. The number of hydrogen-bond donors (Lipinski definition) is 1. The molecule has 2 rings (SSSR count). The Labute approximate surface area is 101 Å². The first-order valence-electron chi connectivity index (χ1n) is 6.19. The van der Waals surface area contributed by atoms with Crippen LogP contribution in [0.25, 0.3) is 0 Å². The summed E-state index contributed by atoms with van der Waals surface area (Å²) in [4.78, 5) is 18.4. The van der Waals surface area contributed by atoms with Crippen molar-refractivity contribution < 1.29 is 0 Å². The van der Waals surface area contributed by atoms with E-state index >= 15 is 0 Å². The van der Waals surface area contributed by atoms with E-state index in [4.69, 9.17) is 5.73 Å². The first-order valence-corrected chi connectivity index (χ1v) is 6.19. The molecular weight excluding hydrogens is 216 g/mol. The Kier molecular flexibility index (Phi) is 3.47. The predicted molar refractivity (Wildman–Crippen MR) is 68.1 cm³/mol. The molecule has 0 amide bonds. The van der Waals surface area contributed by atoms with E-state index in [1.54, 1.807) is 17.0 Å². The maximum Gasteiger partial charge on any atom is 0.293 e. The van der Waals surface area contributed by atoms with E-state index in [1.165, 1.54) is 0 Å². The van der Waals surface area contributed by atoms with Crippen LogP contribution in [0.5, 0.6) is 0 Å². The van der Waals surface area contributed by atoms with Crippen LogP contribution in [0, 0.1) is 5.92 Å². The zero-order chi connectivity index (χ0) is 12.4. The fourth-order valence-electron chi connectivity index (χ4n) is 2.31. The molecule has 5 nitrogen and oxygen atoms in total. The van der Waals surface area contributed by atoms with Gasteiger partial charge in [0, 0.05) is 38.1 Å². The molecule has 1 aliphatic heterocycles. The van der Waals surface area contributed by atoms with Gasteiger partial charge in [-0.05, 0) is 26.2 Å². The first-order chi connectivity index (χ1) is 8.13. The quantitative estimate of drug-likeness (QED) is 0.827. The normalized spacial score (nSPS) is 21.8. The fraction of sp³-hybridized carbons (Fsp3) is 0.667. The van der Waals surface area contributed by atoms with E-state index in [0.29, 0.717) is 18.3 Å². The molecule has 0 aliphatic carbocycles. The largest absolute Gasteiger partial charge is 0.352 e. The van der Waals surface area contributed by atoms with Gasteiger partial charge in [0.2, 0.25) is 0 Å². The number of hydrogen-bond acceptors (Lipinski definition) is 4. The Bertz CT molecular complexity index is 440. The molecule has 2 N–H and O–H groups in total. The van der Waals surface area contributed by atoms with E-state index in [2.05, 4.69) is 9.88 Å². The minimum absolute atomic E-state index is 0.000300. The smallest absolute Gasteiger partial charge is 0.293 e. The van der Waals surface area contributed by atoms with Gasteiger partial charge in [-0.3, -0.25) is 4.79 Å². The van der Waals surface area contributed by atoms with Gasteiger partial charge in [-0.2, -0.15) is 0 Å². The van der Waals surface area contributed by atoms with Crippen LogP contribution in [0.2, 0.25) is 0 Å². The average molecular weight is 236 g/mol. The molecular formula is C12H20N4O. The van der Waals surface area contributed by atoms with Crippen molar-refractivity contribution in [2.45, 2.75) is 32.9 Å². The van der Waals surface area contributed by atoms with Crippen LogP contribution in [0.4, 0.5) is 5.82 Å². The van der Waals surface area contributed by atoms with Gasteiger partial charge < -0.3 is 15.2 Å².